The van der Waals surface area contributed by atoms with Crippen LogP contribution in [0.15, 0.2) is 53.9 Å². The smallest absolute Gasteiger partial charge is 0.282 e. The second-order valence-electron chi connectivity index (χ2n) is 5.22. The lowest BCUT2D eigenvalue weighted by molar-refractivity contribution is 0.0950. The number of aromatic nitrogens is 6. The minimum atomic E-state index is -0.224. The highest BCUT2D eigenvalue weighted by molar-refractivity contribution is 7.98. The number of benzene rings is 1. The van der Waals surface area contributed by atoms with Crippen LogP contribution in [-0.4, -0.2) is 35.7 Å². The Balaban J connectivity index is 1.34. The minimum absolute atomic E-state index is 0.224. The Morgan fingerprint density at radius 1 is 1.19 bits per heavy atom. The van der Waals surface area contributed by atoms with E-state index >= 15 is 0 Å². The molecule has 4 rings (SSSR count). The van der Waals surface area contributed by atoms with Crippen LogP contribution in [0, 0.1) is 0 Å². The molecular weight excluding hydrogens is 370 g/mol. The Bertz CT molecular complexity index is 998. The molecule has 0 aliphatic heterocycles. The van der Waals surface area contributed by atoms with Crippen molar-refractivity contribution in [3.05, 3.63) is 64.4 Å². The molecule has 10 heteroatoms. The number of thioether (sulfide) groups is 1. The summed E-state index contributed by atoms with van der Waals surface area (Å²) in [6.45, 7) is 0.460. The monoisotopic (exact) mass is 383 g/mol. The van der Waals surface area contributed by atoms with E-state index in [-0.39, 0.29) is 5.91 Å². The van der Waals surface area contributed by atoms with Gasteiger partial charge in [-0.2, -0.15) is 4.98 Å². The largest absolute Gasteiger partial charge is 0.346 e. The molecule has 0 aliphatic carbocycles. The third-order valence-corrected chi connectivity index (χ3v) is 5.33. The summed E-state index contributed by atoms with van der Waals surface area (Å²) in [6.07, 6.45) is 3.46. The standard InChI is InChI=1S/C16H13N7OS2/c24-13(18-9-11-5-2-1-3-6-11)14-21-20-12(26-14)10-25-16-19-15-17-7-4-8-23(15)22-16/h1-8H,9-10H2,(H,18,24). The molecule has 3 heterocycles. The Morgan fingerprint density at radius 3 is 2.92 bits per heavy atom. The first-order valence-corrected chi connectivity index (χ1v) is 9.53. The van der Waals surface area contributed by atoms with Crippen LogP contribution in [-0.2, 0) is 12.3 Å². The van der Waals surface area contributed by atoms with Gasteiger partial charge in [0.15, 0.2) is 0 Å². The average Bonchev–Trinajstić information content (AvgIpc) is 3.31. The summed E-state index contributed by atoms with van der Waals surface area (Å²) in [5, 5.41) is 16.9. The molecule has 8 nitrogen and oxygen atoms in total. The van der Waals surface area contributed by atoms with E-state index in [1.54, 1.807) is 23.0 Å². The van der Waals surface area contributed by atoms with E-state index in [2.05, 4.69) is 30.6 Å². The Kier molecular flexibility index (Phi) is 4.84. The molecule has 1 amide bonds. The van der Waals surface area contributed by atoms with Crippen molar-refractivity contribution in [1.29, 1.82) is 0 Å². The lowest BCUT2D eigenvalue weighted by Crippen LogP contribution is -2.22. The Hall–Kier alpha value is -2.85. The minimum Gasteiger partial charge on any atom is -0.346 e. The number of carbonyl (C=O) groups is 1. The van der Waals surface area contributed by atoms with E-state index in [0.717, 1.165) is 10.6 Å². The van der Waals surface area contributed by atoms with Crippen LogP contribution in [0.25, 0.3) is 5.78 Å². The summed E-state index contributed by atoms with van der Waals surface area (Å²) in [4.78, 5) is 20.6. The second kappa shape index (κ2) is 7.58. The second-order valence-corrected chi connectivity index (χ2v) is 7.22. The van der Waals surface area contributed by atoms with Crippen LogP contribution in [0.1, 0.15) is 20.4 Å². The van der Waals surface area contributed by atoms with Gasteiger partial charge in [0.05, 0.1) is 5.75 Å². The first kappa shape index (κ1) is 16.6. The number of fused-ring (bicyclic) bond motifs is 1. The molecule has 0 unspecified atom stereocenters. The summed E-state index contributed by atoms with van der Waals surface area (Å²) in [5.41, 5.74) is 1.03. The fraction of sp³-hybridized carbons (Fsp3) is 0.125. The van der Waals surface area contributed by atoms with Gasteiger partial charge in [0.1, 0.15) is 5.01 Å². The predicted molar refractivity (Wildman–Crippen MR) is 97.9 cm³/mol. The normalized spacial score (nSPS) is 10.9. The lowest BCUT2D eigenvalue weighted by atomic mass is 10.2. The van der Waals surface area contributed by atoms with Gasteiger partial charge >= 0.3 is 0 Å². The summed E-state index contributed by atoms with van der Waals surface area (Å²) >= 11 is 2.70. The van der Waals surface area contributed by atoms with Gasteiger partial charge in [-0.3, -0.25) is 4.79 Å². The van der Waals surface area contributed by atoms with Crippen LogP contribution in [0.4, 0.5) is 0 Å². The summed E-state index contributed by atoms with van der Waals surface area (Å²) in [6, 6.07) is 11.5. The van der Waals surface area contributed by atoms with Gasteiger partial charge in [0.25, 0.3) is 11.7 Å². The van der Waals surface area contributed by atoms with Gasteiger partial charge in [-0.1, -0.05) is 53.4 Å². The maximum absolute atomic E-state index is 12.2. The molecule has 4 aromatic rings. The van der Waals surface area contributed by atoms with E-state index in [0.29, 0.717) is 28.2 Å². The molecule has 0 aliphatic rings. The summed E-state index contributed by atoms with van der Waals surface area (Å²) in [5.74, 6) is 0.867. The maximum atomic E-state index is 12.2. The molecule has 26 heavy (non-hydrogen) atoms. The van der Waals surface area contributed by atoms with Crippen molar-refractivity contribution in [1.82, 2.24) is 35.1 Å². The number of nitrogens with one attached hydrogen (secondary N) is 1. The molecule has 0 saturated heterocycles. The van der Waals surface area contributed by atoms with Crippen LogP contribution >= 0.6 is 23.1 Å². The molecule has 1 N–H and O–H groups in total. The fourth-order valence-corrected chi connectivity index (χ4v) is 3.72. The van der Waals surface area contributed by atoms with Gasteiger partial charge in [-0.05, 0) is 11.6 Å². The predicted octanol–water partition coefficient (Wildman–Crippen LogP) is 2.20. The Labute approximate surface area is 156 Å². The summed E-state index contributed by atoms with van der Waals surface area (Å²) in [7, 11) is 0. The molecule has 0 fully saturated rings. The van der Waals surface area contributed by atoms with Crippen LogP contribution in [0.3, 0.4) is 0 Å². The van der Waals surface area contributed by atoms with Crippen LogP contribution in [0.5, 0.6) is 0 Å². The first-order valence-electron chi connectivity index (χ1n) is 7.72. The first-order chi connectivity index (χ1) is 12.8. The van der Waals surface area contributed by atoms with E-state index in [4.69, 9.17) is 0 Å². The lowest BCUT2D eigenvalue weighted by Gasteiger charge is -2.01. The van der Waals surface area contributed by atoms with Gasteiger partial charge in [-0.25, -0.2) is 9.50 Å². The summed E-state index contributed by atoms with van der Waals surface area (Å²) < 4.78 is 1.62. The quantitative estimate of drug-likeness (QED) is 0.510. The molecule has 0 spiro atoms. The van der Waals surface area contributed by atoms with Gasteiger partial charge < -0.3 is 5.32 Å². The molecule has 1 aromatic carbocycles. The Morgan fingerprint density at radius 2 is 2.08 bits per heavy atom. The van der Waals surface area contributed by atoms with E-state index in [1.165, 1.54) is 23.1 Å². The third-order valence-electron chi connectivity index (χ3n) is 3.38. The van der Waals surface area contributed by atoms with Gasteiger partial charge in [-0.15, -0.1) is 15.3 Å². The molecule has 0 bridgehead atoms. The van der Waals surface area contributed by atoms with E-state index < -0.39 is 0 Å². The van der Waals surface area contributed by atoms with Crippen molar-refractivity contribution >= 4 is 34.8 Å². The molecule has 3 aromatic heterocycles. The SMILES string of the molecule is O=C(NCc1ccccc1)c1nnc(CSc2nc3ncccn3n2)s1. The number of carbonyl (C=O) groups excluding carboxylic acids is 1. The van der Waals surface area contributed by atoms with Crippen molar-refractivity contribution in [3.63, 3.8) is 0 Å². The maximum Gasteiger partial charge on any atom is 0.282 e. The highest BCUT2D eigenvalue weighted by atomic mass is 32.2. The number of amides is 1. The number of nitrogens with zero attached hydrogens (tertiary/aromatic N) is 6. The average molecular weight is 383 g/mol. The van der Waals surface area contributed by atoms with Crippen molar-refractivity contribution in [3.8, 4) is 0 Å². The third kappa shape index (κ3) is 3.86. The molecule has 0 saturated carbocycles. The molecule has 0 radical (unpaired) electrons. The van der Waals surface area contributed by atoms with Gasteiger partial charge in [0.2, 0.25) is 10.2 Å². The van der Waals surface area contributed by atoms with E-state index in [9.17, 15) is 4.79 Å². The molecular formula is C16H13N7OS2. The van der Waals surface area contributed by atoms with Crippen molar-refractivity contribution in [2.75, 3.05) is 0 Å². The van der Waals surface area contributed by atoms with Crippen LogP contribution in [0.2, 0.25) is 0 Å². The zero-order chi connectivity index (χ0) is 17.8. The number of rotatable bonds is 6. The zero-order valence-corrected chi connectivity index (χ0v) is 15.1. The van der Waals surface area contributed by atoms with Crippen molar-refractivity contribution in [2.24, 2.45) is 0 Å². The molecule has 0 atom stereocenters. The van der Waals surface area contributed by atoms with E-state index in [1.807, 2.05) is 30.3 Å². The van der Waals surface area contributed by atoms with Gasteiger partial charge in [0, 0.05) is 18.9 Å². The highest BCUT2D eigenvalue weighted by Crippen LogP contribution is 2.22. The molecule has 130 valence electrons. The number of hydrogen-bond acceptors (Lipinski definition) is 8. The zero-order valence-electron chi connectivity index (χ0n) is 13.4. The van der Waals surface area contributed by atoms with Crippen molar-refractivity contribution < 1.29 is 4.79 Å². The fourth-order valence-electron chi connectivity index (χ4n) is 2.16. The number of hydrogen-bond donors (Lipinski definition) is 1. The topological polar surface area (TPSA) is 98.0 Å². The highest BCUT2D eigenvalue weighted by Gasteiger charge is 2.14. The van der Waals surface area contributed by atoms with Crippen LogP contribution < -0.4 is 5.32 Å². The van der Waals surface area contributed by atoms with Crippen molar-refractivity contribution in [2.45, 2.75) is 17.5 Å².